The summed E-state index contributed by atoms with van der Waals surface area (Å²) in [4.78, 5) is 20.8. The van der Waals surface area contributed by atoms with Gasteiger partial charge in [-0.2, -0.15) is 10.4 Å². The van der Waals surface area contributed by atoms with E-state index in [-0.39, 0.29) is 0 Å². The number of pyridine rings is 1. The molecule has 0 amide bonds. The number of rotatable bonds is 6. The Morgan fingerprint density at radius 1 is 1.36 bits per heavy atom. The molecule has 0 saturated heterocycles. The zero-order valence-electron chi connectivity index (χ0n) is 16.0. The maximum Gasteiger partial charge on any atom is 0.166 e. The lowest BCUT2D eigenvalue weighted by Crippen LogP contribution is -2.04. The molecule has 142 valence electrons. The van der Waals surface area contributed by atoms with Crippen molar-refractivity contribution in [1.29, 1.82) is 5.26 Å². The highest BCUT2D eigenvalue weighted by Gasteiger charge is 2.19. The maximum absolute atomic E-state index is 11.5. The van der Waals surface area contributed by atoms with E-state index >= 15 is 0 Å². The highest BCUT2D eigenvalue weighted by molar-refractivity contribution is 6.08. The summed E-state index contributed by atoms with van der Waals surface area (Å²) in [7, 11) is 1.92. The van der Waals surface area contributed by atoms with Crippen molar-refractivity contribution in [2.75, 3.05) is 5.32 Å². The second-order valence-corrected chi connectivity index (χ2v) is 6.61. The molecule has 28 heavy (non-hydrogen) atoms. The Morgan fingerprint density at radius 3 is 2.89 bits per heavy atom. The molecule has 0 aliphatic rings. The van der Waals surface area contributed by atoms with Crippen molar-refractivity contribution in [3.63, 3.8) is 0 Å². The van der Waals surface area contributed by atoms with Crippen LogP contribution in [0, 0.1) is 18.3 Å². The van der Waals surface area contributed by atoms with Gasteiger partial charge in [0.1, 0.15) is 11.2 Å². The molecule has 4 rings (SSSR count). The van der Waals surface area contributed by atoms with Crippen LogP contribution in [-0.2, 0) is 20.1 Å². The Bertz CT molecular complexity index is 1240. The maximum atomic E-state index is 11.5. The van der Waals surface area contributed by atoms with Crippen LogP contribution in [-0.4, -0.2) is 35.2 Å². The number of anilines is 2. The molecule has 0 bridgehead atoms. The summed E-state index contributed by atoms with van der Waals surface area (Å²) < 4.78 is 5.60. The molecule has 0 saturated carbocycles. The second kappa shape index (κ2) is 6.81. The van der Waals surface area contributed by atoms with Crippen molar-refractivity contribution in [3.8, 4) is 6.07 Å². The molecular weight excluding hydrogens is 356 g/mol. The first-order chi connectivity index (χ1) is 13.6. The van der Waals surface area contributed by atoms with Gasteiger partial charge in [0, 0.05) is 30.7 Å². The molecule has 0 unspecified atom stereocenters. The smallest absolute Gasteiger partial charge is 0.166 e. The number of nitriles is 1. The van der Waals surface area contributed by atoms with Crippen LogP contribution in [0.25, 0.3) is 22.1 Å². The summed E-state index contributed by atoms with van der Waals surface area (Å²) in [5, 5.41) is 17.5. The van der Waals surface area contributed by atoms with Gasteiger partial charge in [-0.25, -0.2) is 9.97 Å². The normalized spacial score (nSPS) is 11.2. The minimum Gasteiger partial charge on any atom is -0.333 e. The van der Waals surface area contributed by atoms with Crippen LogP contribution in [0.3, 0.4) is 0 Å². The largest absolute Gasteiger partial charge is 0.333 e. The lowest BCUT2D eigenvalue weighted by molar-refractivity contribution is 0.111. The average molecular weight is 376 g/mol. The Morgan fingerprint density at radius 2 is 2.18 bits per heavy atom. The van der Waals surface area contributed by atoms with Crippen molar-refractivity contribution >= 4 is 40.0 Å². The summed E-state index contributed by atoms with van der Waals surface area (Å²) in [6.45, 7) is 5.10. The summed E-state index contributed by atoms with van der Waals surface area (Å²) in [5.41, 5.74) is 3.88. The Hall–Kier alpha value is -3.67. The third-order valence-corrected chi connectivity index (χ3v) is 4.83. The van der Waals surface area contributed by atoms with E-state index in [0.717, 1.165) is 28.5 Å². The number of aryl methyl sites for hydroxylation is 4. The number of aromatic nitrogens is 6. The molecule has 0 aliphatic heterocycles. The third-order valence-electron chi connectivity index (χ3n) is 4.83. The quantitative estimate of drug-likeness (QED) is 0.519. The van der Waals surface area contributed by atoms with E-state index in [4.69, 9.17) is 10.2 Å². The van der Waals surface area contributed by atoms with Crippen molar-refractivity contribution in [2.45, 2.75) is 33.4 Å². The van der Waals surface area contributed by atoms with Crippen molar-refractivity contribution in [1.82, 2.24) is 28.9 Å². The van der Waals surface area contributed by atoms with Gasteiger partial charge in [0.25, 0.3) is 0 Å². The first-order valence-corrected chi connectivity index (χ1v) is 9.05. The molecule has 0 atom stereocenters. The number of hydrogen-bond donors (Lipinski definition) is 1. The number of aldehydes is 1. The Kier molecular flexibility index (Phi) is 4.31. The van der Waals surface area contributed by atoms with E-state index < -0.39 is 0 Å². The fourth-order valence-corrected chi connectivity index (χ4v) is 3.52. The van der Waals surface area contributed by atoms with Crippen LogP contribution in [0.4, 0.5) is 11.6 Å². The zero-order chi connectivity index (χ0) is 19.8. The van der Waals surface area contributed by atoms with Gasteiger partial charge in [-0.1, -0.05) is 0 Å². The average Bonchev–Trinajstić information content (AvgIpc) is 3.35. The minimum atomic E-state index is 0.398. The van der Waals surface area contributed by atoms with Crippen LogP contribution in [0.15, 0.2) is 18.5 Å². The molecule has 4 aromatic rings. The molecule has 0 aliphatic carbocycles. The number of fused-ring (bicyclic) bond motifs is 3. The number of carbonyl (C=O) groups is 1. The van der Waals surface area contributed by atoms with Crippen LogP contribution in [0.1, 0.15) is 29.5 Å². The van der Waals surface area contributed by atoms with E-state index in [1.807, 2.05) is 42.2 Å². The summed E-state index contributed by atoms with van der Waals surface area (Å²) in [5.74, 6) is 1.22. The number of carbonyl (C=O) groups excluding carboxylic acids is 1. The lowest BCUT2D eigenvalue weighted by Gasteiger charge is -2.08. The van der Waals surface area contributed by atoms with Gasteiger partial charge in [-0.3, -0.25) is 9.48 Å². The predicted molar refractivity (Wildman–Crippen MR) is 106 cm³/mol. The third kappa shape index (κ3) is 2.70. The van der Waals surface area contributed by atoms with E-state index in [1.165, 1.54) is 0 Å². The second-order valence-electron chi connectivity index (χ2n) is 6.61. The predicted octanol–water partition coefficient (Wildman–Crippen LogP) is 2.92. The number of nitrogens with zero attached hydrogens (tertiary/aromatic N) is 7. The number of hydrogen-bond acceptors (Lipinski definition) is 6. The van der Waals surface area contributed by atoms with Gasteiger partial charge in [0.2, 0.25) is 0 Å². The van der Waals surface area contributed by atoms with Crippen molar-refractivity contribution < 1.29 is 4.79 Å². The molecule has 0 radical (unpaired) electrons. The van der Waals surface area contributed by atoms with Crippen LogP contribution < -0.4 is 5.32 Å². The molecule has 4 aromatic heterocycles. The minimum absolute atomic E-state index is 0.398. The number of imidazole rings is 1. The molecule has 1 N–H and O–H groups in total. The first-order valence-electron chi connectivity index (χ1n) is 9.05. The molecule has 9 nitrogen and oxygen atoms in total. The van der Waals surface area contributed by atoms with Crippen molar-refractivity contribution in [3.05, 3.63) is 29.8 Å². The highest BCUT2D eigenvalue weighted by atomic mass is 16.1. The number of nitrogens with one attached hydrogen (secondary N) is 1. The monoisotopic (exact) mass is 376 g/mol. The van der Waals surface area contributed by atoms with Gasteiger partial charge < -0.3 is 14.5 Å². The Balaban J connectivity index is 1.87. The Labute approximate surface area is 161 Å². The SMILES string of the molecule is CCn1c(C=O)cc2c3c(ncn3C)c(Nc3cc(C)n(CCC#N)n3)nc21. The fraction of sp³-hybridized carbons (Fsp3) is 0.316. The van der Waals surface area contributed by atoms with Crippen molar-refractivity contribution in [2.24, 2.45) is 7.05 Å². The van der Waals surface area contributed by atoms with Gasteiger partial charge >= 0.3 is 0 Å². The molecular formula is C19H20N8O. The van der Waals surface area contributed by atoms with E-state index in [2.05, 4.69) is 21.5 Å². The summed E-state index contributed by atoms with van der Waals surface area (Å²) in [6, 6.07) is 5.90. The fourth-order valence-electron chi connectivity index (χ4n) is 3.52. The van der Waals surface area contributed by atoms with Gasteiger partial charge in [-0.05, 0) is 19.9 Å². The van der Waals surface area contributed by atoms with E-state index in [0.29, 0.717) is 42.4 Å². The van der Waals surface area contributed by atoms with Crippen LogP contribution >= 0.6 is 0 Å². The molecule has 9 heteroatoms. The first kappa shape index (κ1) is 17.7. The highest BCUT2D eigenvalue weighted by Crippen LogP contribution is 2.31. The topological polar surface area (TPSA) is 106 Å². The van der Waals surface area contributed by atoms with Gasteiger partial charge in [0.15, 0.2) is 17.9 Å². The summed E-state index contributed by atoms with van der Waals surface area (Å²) >= 11 is 0. The van der Waals surface area contributed by atoms with Crippen LogP contribution in [0.2, 0.25) is 0 Å². The van der Waals surface area contributed by atoms with Gasteiger partial charge in [0.05, 0.1) is 36.6 Å². The van der Waals surface area contributed by atoms with E-state index in [1.54, 1.807) is 11.0 Å². The molecule has 0 spiro atoms. The molecule has 4 heterocycles. The van der Waals surface area contributed by atoms with Crippen LogP contribution in [0.5, 0.6) is 0 Å². The standard InChI is InChI=1S/C19H20N8O/c1-4-26-13(10-28)9-14-17-16(21-11-25(17)3)18(23-19(14)26)22-15-8-12(2)27(24-15)7-5-6-20/h8-11H,4-5,7H2,1-3H3,(H,22,23,24). The van der Waals surface area contributed by atoms with Gasteiger partial charge in [-0.15, -0.1) is 0 Å². The zero-order valence-corrected chi connectivity index (χ0v) is 16.0. The summed E-state index contributed by atoms with van der Waals surface area (Å²) in [6.07, 6.45) is 2.98. The lowest BCUT2D eigenvalue weighted by atomic mass is 10.2. The molecule has 0 fully saturated rings. The van der Waals surface area contributed by atoms with E-state index in [9.17, 15) is 4.79 Å². The molecule has 0 aromatic carbocycles.